The first kappa shape index (κ1) is 22.8. The van der Waals surface area contributed by atoms with Crippen LogP contribution in [0.3, 0.4) is 0 Å². The number of carboxylic acid groups (broad SMARTS) is 1. The van der Waals surface area contributed by atoms with E-state index in [1.54, 1.807) is 0 Å². The molecule has 0 aromatic heterocycles. The minimum Gasteiger partial charge on any atom is -0.481 e. The molecule has 1 unspecified atom stereocenters. The van der Waals surface area contributed by atoms with Crippen molar-refractivity contribution in [2.75, 3.05) is 6.61 Å². The van der Waals surface area contributed by atoms with Gasteiger partial charge in [-0.05, 0) is 46.9 Å². The fraction of sp³-hybridized carbons (Fsp3) is 0.423. The molecule has 1 saturated carbocycles. The Morgan fingerprint density at radius 1 is 1.03 bits per heavy atom. The van der Waals surface area contributed by atoms with Gasteiger partial charge in [-0.15, -0.1) is 0 Å². The van der Waals surface area contributed by atoms with Gasteiger partial charge in [-0.1, -0.05) is 62.4 Å². The fourth-order valence-corrected chi connectivity index (χ4v) is 4.72. The lowest BCUT2D eigenvalue weighted by Crippen LogP contribution is -2.48. The molecule has 7 heteroatoms. The number of ether oxygens (including phenoxy) is 1. The molecular weight excluding hydrogens is 420 g/mol. The third kappa shape index (κ3) is 5.18. The number of hydrogen-bond donors (Lipinski definition) is 3. The van der Waals surface area contributed by atoms with E-state index in [-0.39, 0.29) is 37.3 Å². The van der Waals surface area contributed by atoms with Crippen LogP contribution >= 0.6 is 0 Å². The van der Waals surface area contributed by atoms with Crippen molar-refractivity contribution in [2.45, 2.75) is 51.1 Å². The summed E-state index contributed by atoms with van der Waals surface area (Å²) in [5, 5.41) is 14.6. The first-order chi connectivity index (χ1) is 15.8. The average Bonchev–Trinajstić information content (AvgIpc) is 3.49. The van der Waals surface area contributed by atoms with Crippen LogP contribution in [0.2, 0.25) is 0 Å². The number of hydrogen-bond acceptors (Lipinski definition) is 4. The Kier molecular flexibility index (Phi) is 6.67. The number of nitrogens with one attached hydrogen (secondary N) is 2. The first-order valence-corrected chi connectivity index (χ1v) is 11.5. The summed E-state index contributed by atoms with van der Waals surface area (Å²) in [6.07, 6.45) is -0.0385. The highest BCUT2D eigenvalue weighted by Gasteiger charge is 2.41. The zero-order chi connectivity index (χ0) is 23.5. The lowest BCUT2D eigenvalue weighted by molar-refractivity contribution is -0.137. The lowest BCUT2D eigenvalue weighted by Gasteiger charge is -2.19. The number of aliphatic carboxylic acids is 1. The maximum absolute atomic E-state index is 12.7. The third-order valence-corrected chi connectivity index (χ3v) is 6.62. The van der Waals surface area contributed by atoms with Crippen LogP contribution in [-0.4, -0.2) is 41.8 Å². The topological polar surface area (TPSA) is 105 Å². The zero-order valence-corrected chi connectivity index (χ0v) is 18.9. The van der Waals surface area contributed by atoms with Gasteiger partial charge in [0.15, 0.2) is 0 Å². The van der Waals surface area contributed by atoms with Crippen LogP contribution in [-0.2, 0) is 14.3 Å². The van der Waals surface area contributed by atoms with Gasteiger partial charge in [0, 0.05) is 18.4 Å². The molecule has 2 aromatic rings. The van der Waals surface area contributed by atoms with Crippen LogP contribution in [0, 0.1) is 11.8 Å². The van der Waals surface area contributed by atoms with Crippen LogP contribution in [0.15, 0.2) is 48.5 Å². The Hall–Kier alpha value is -3.35. The van der Waals surface area contributed by atoms with E-state index in [1.807, 2.05) is 36.4 Å². The van der Waals surface area contributed by atoms with Gasteiger partial charge in [0.1, 0.15) is 12.6 Å². The normalized spacial score (nSPS) is 19.4. The molecule has 174 valence electrons. The monoisotopic (exact) mass is 450 g/mol. The number of fused-ring (bicyclic) bond motifs is 3. The summed E-state index contributed by atoms with van der Waals surface area (Å²) in [5.74, 6) is -0.592. The number of rotatable bonds is 9. The lowest BCUT2D eigenvalue weighted by atomic mass is 9.98. The molecule has 0 saturated heterocycles. The molecule has 0 spiro atoms. The van der Waals surface area contributed by atoms with Crippen molar-refractivity contribution in [1.29, 1.82) is 0 Å². The molecule has 2 aliphatic rings. The van der Waals surface area contributed by atoms with Gasteiger partial charge in [-0.25, -0.2) is 4.79 Å². The largest absolute Gasteiger partial charge is 0.481 e. The summed E-state index contributed by atoms with van der Waals surface area (Å²) in [7, 11) is 0. The zero-order valence-electron chi connectivity index (χ0n) is 18.9. The standard InChI is InChI=1S/C26H30N2O5/c1-15(2)20-13-23(20)27-25(31)22(11-12-24(29)30)28-26(32)33-14-21-18-9-5-3-7-16(18)17-8-4-6-10-19(17)21/h3-10,15,20-23H,11-14H2,1-2H3,(H,27,31)(H,28,32)(H,29,30)/t20-,22?,23+/m0/s1. The molecule has 3 N–H and O–H groups in total. The minimum atomic E-state index is -1.02. The van der Waals surface area contributed by atoms with Gasteiger partial charge in [-0.3, -0.25) is 9.59 Å². The molecule has 7 nitrogen and oxygen atoms in total. The Morgan fingerprint density at radius 3 is 2.18 bits per heavy atom. The van der Waals surface area contributed by atoms with Crippen LogP contribution in [0.4, 0.5) is 4.79 Å². The van der Waals surface area contributed by atoms with E-state index in [4.69, 9.17) is 9.84 Å². The van der Waals surface area contributed by atoms with Gasteiger partial charge in [0.25, 0.3) is 0 Å². The summed E-state index contributed by atoms with van der Waals surface area (Å²) in [6.45, 7) is 4.34. The second-order valence-corrected chi connectivity index (χ2v) is 9.21. The molecule has 4 rings (SSSR count). The van der Waals surface area contributed by atoms with Gasteiger partial charge in [0.05, 0.1) is 0 Å². The average molecular weight is 451 g/mol. The highest BCUT2D eigenvalue weighted by atomic mass is 16.5. The van der Waals surface area contributed by atoms with Crippen LogP contribution in [0.5, 0.6) is 0 Å². The molecule has 0 aliphatic heterocycles. The van der Waals surface area contributed by atoms with Crippen molar-refractivity contribution in [3.8, 4) is 11.1 Å². The molecule has 2 aromatic carbocycles. The molecule has 0 radical (unpaired) electrons. The summed E-state index contributed by atoms with van der Waals surface area (Å²) in [5.41, 5.74) is 4.45. The summed E-state index contributed by atoms with van der Waals surface area (Å²) in [6, 6.07) is 15.2. The van der Waals surface area contributed by atoms with Gasteiger partial charge < -0.3 is 20.5 Å². The Morgan fingerprint density at radius 2 is 1.64 bits per heavy atom. The summed E-state index contributed by atoms with van der Waals surface area (Å²) < 4.78 is 5.53. The molecule has 2 aliphatic carbocycles. The van der Waals surface area contributed by atoms with Crippen molar-refractivity contribution in [1.82, 2.24) is 10.6 Å². The molecule has 0 bridgehead atoms. The van der Waals surface area contributed by atoms with Crippen LogP contribution in [0.1, 0.15) is 50.2 Å². The molecular formula is C26H30N2O5. The van der Waals surface area contributed by atoms with Crippen LogP contribution < -0.4 is 10.6 Å². The predicted molar refractivity (Wildman–Crippen MR) is 124 cm³/mol. The minimum absolute atomic E-state index is 0.00439. The van der Waals surface area contributed by atoms with E-state index >= 15 is 0 Å². The van der Waals surface area contributed by atoms with Crippen molar-refractivity contribution >= 4 is 18.0 Å². The third-order valence-electron chi connectivity index (χ3n) is 6.62. The van der Waals surface area contributed by atoms with Crippen molar-refractivity contribution in [3.05, 3.63) is 59.7 Å². The number of amides is 2. The maximum atomic E-state index is 12.7. The highest BCUT2D eigenvalue weighted by Crippen LogP contribution is 2.44. The quantitative estimate of drug-likeness (QED) is 0.537. The van der Waals surface area contributed by atoms with Gasteiger partial charge in [0.2, 0.25) is 5.91 Å². The molecule has 1 fully saturated rings. The van der Waals surface area contributed by atoms with Crippen LogP contribution in [0.25, 0.3) is 11.1 Å². The molecule has 33 heavy (non-hydrogen) atoms. The number of carbonyl (C=O) groups is 3. The predicted octanol–water partition coefficient (Wildman–Crippen LogP) is 3.92. The van der Waals surface area contributed by atoms with E-state index in [0.717, 1.165) is 28.7 Å². The molecule has 2 amide bonds. The van der Waals surface area contributed by atoms with Crippen molar-refractivity contribution < 1.29 is 24.2 Å². The summed E-state index contributed by atoms with van der Waals surface area (Å²) >= 11 is 0. The number of carboxylic acids is 1. The fourth-order valence-electron chi connectivity index (χ4n) is 4.72. The van der Waals surface area contributed by atoms with Gasteiger partial charge >= 0.3 is 12.1 Å². The van der Waals surface area contributed by atoms with E-state index in [9.17, 15) is 14.4 Å². The van der Waals surface area contributed by atoms with Gasteiger partial charge in [-0.2, -0.15) is 0 Å². The Bertz CT molecular complexity index is 1000. The van der Waals surface area contributed by atoms with E-state index < -0.39 is 18.1 Å². The molecule has 0 heterocycles. The number of benzene rings is 2. The smallest absolute Gasteiger partial charge is 0.407 e. The van der Waals surface area contributed by atoms with E-state index in [2.05, 4.69) is 36.6 Å². The van der Waals surface area contributed by atoms with E-state index in [0.29, 0.717) is 11.8 Å². The highest BCUT2D eigenvalue weighted by molar-refractivity contribution is 5.86. The second kappa shape index (κ2) is 9.65. The second-order valence-electron chi connectivity index (χ2n) is 9.21. The molecule has 3 atom stereocenters. The van der Waals surface area contributed by atoms with Crippen molar-refractivity contribution in [3.63, 3.8) is 0 Å². The Labute approximate surface area is 193 Å². The SMILES string of the molecule is CC(C)[C@@H]1C[C@H]1NC(=O)C(CCC(=O)O)NC(=O)OCC1c2ccccc2-c2ccccc21. The number of alkyl carbamates (subject to hydrolysis) is 1. The van der Waals surface area contributed by atoms with E-state index in [1.165, 1.54) is 0 Å². The van der Waals surface area contributed by atoms with Crippen molar-refractivity contribution in [2.24, 2.45) is 11.8 Å². The summed E-state index contributed by atoms with van der Waals surface area (Å²) in [4.78, 5) is 36.4. The first-order valence-electron chi connectivity index (χ1n) is 11.5. The maximum Gasteiger partial charge on any atom is 0.407 e. The number of carbonyl (C=O) groups excluding carboxylic acids is 2. The Balaban J connectivity index is 1.38.